The summed E-state index contributed by atoms with van der Waals surface area (Å²) in [5, 5.41) is 3.00. The first-order chi connectivity index (χ1) is 14.0. The zero-order valence-electron chi connectivity index (χ0n) is 16.8. The van der Waals surface area contributed by atoms with Crippen molar-refractivity contribution < 1.29 is 14.0 Å². The molecule has 150 valence electrons. The Morgan fingerprint density at radius 2 is 2.00 bits per heavy atom. The number of rotatable bonds is 6. The normalized spacial score (nSPS) is 13.9. The molecule has 1 aliphatic heterocycles. The minimum atomic E-state index is -0.141. The number of aryl methyl sites for hydroxylation is 1. The van der Waals surface area contributed by atoms with Crippen LogP contribution in [-0.4, -0.2) is 27.8 Å². The maximum Gasteiger partial charge on any atom is 0.257 e. The van der Waals surface area contributed by atoms with Crippen LogP contribution in [-0.2, 0) is 17.9 Å². The lowest BCUT2D eigenvalue weighted by molar-refractivity contribution is -0.128. The summed E-state index contributed by atoms with van der Waals surface area (Å²) in [5.41, 5.74) is 4.30. The third-order valence-electron chi connectivity index (χ3n) is 5.44. The van der Waals surface area contributed by atoms with Crippen LogP contribution < -0.4 is 5.32 Å². The lowest BCUT2D eigenvalue weighted by Gasteiger charge is -2.16. The third-order valence-corrected chi connectivity index (χ3v) is 5.44. The van der Waals surface area contributed by atoms with E-state index in [9.17, 15) is 9.59 Å². The standard InChI is InChI=1S/C23H25N3O3/c1-16-12-21(17(2)26(16)15-20-8-5-11-29-20)23(28)24-19-7-3-6-18(13-19)14-25-10-4-9-22(25)27/h3,5-8,11-13H,4,9-10,14-15H2,1-2H3,(H,24,28). The quantitative estimate of drug-likeness (QED) is 0.687. The summed E-state index contributed by atoms with van der Waals surface area (Å²) >= 11 is 0. The van der Waals surface area contributed by atoms with Gasteiger partial charge in [-0.1, -0.05) is 12.1 Å². The zero-order chi connectivity index (χ0) is 20.4. The molecule has 1 aromatic carbocycles. The highest BCUT2D eigenvalue weighted by Crippen LogP contribution is 2.21. The Labute approximate surface area is 170 Å². The topological polar surface area (TPSA) is 67.5 Å². The van der Waals surface area contributed by atoms with Crippen molar-refractivity contribution in [2.75, 3.05) is 11.9 Å². The fourth-order valence-electron chi connectivity index (χ4n) is 3.87. The SMILES string of the molecule is Cc1cc(C(=O)Nc2cccc(CN3CCCC3=O)c2)c(C)n1Cc1ccco1. The number of likely N-dealkylation sites (tertiary alicyclic amines) is 1. The van der Waals surface area contributed by atoms with E-state index in [1.54, 1.807) is 6.26 Å². The highest BCUT2D eigenvalue weighted by molar-refractivity contribution is 6.05. The predicted octanol–water partition coefficient (Wildman–Crippen LogP) is 4.12. The average Bonchev–Trinajstić information content (AvgIpc) is 3.41. The minimum absolute atomic E-state index is 0.141. The van der Waals surface area contributed by atoms with Crippen LogP contribution in [0.25, 0.3) is 0 Å². The van der Waals surface area contributed by atoms with Crippen LogP contribution in [0.4, 0.5) is 5.69 Å². The molecule has 2 aromatic heterocycles. The number of carbonyl (C=O) groups is 2. The fraction of sp³-hybridized carbons (Fsp3) is 0.304. The maximum atomic E-state index is 12.9. The van der Waals surface area contributed by atoms with E-state index in [2.05, 4.69) is 9.88 Å². The first-order valence-electron chi connectivity index (χ1n) is 9.88. The van der Waals surface area contributed by atoms with Gasteiger partial charge in [0.15, 0.2) is 0 Å². The van der Waals surface area contributed by atoms with Crippen LogP contribution in [0.15, 0.2) is 53.1 Å². The van der Waals surface area contributed by atoms with Gasteiger partial charge >= 0.3 is 0 Å². The Hall–Kier alpha value is -3.28. The molecular formula is C23H25N3O3. The van der Waals surface area contributed by atoms with E-state index in [4.69, 9.17) is 4.42 Å². The maximum absolute atomic E-state index is 12.9. The van der Waals surface area contributed by atoms with Crippen molar-refractivity contribution in [2.45, 2.75) is 39.8 Å². The largest absolute Gasteiger partial charge is 0.467 e. The molecule has 1 aliphatic rings. The summed E-state index contributed by atoms with van der Waals surface area (Å²) in [5.74, 6) is 0.907. The van der Waals surface area contributed by atoms with Gasteiger partial charge in [0.1, 0.15) is 5.76 Å². The summed E-state index contributed by atoms with van der Waals surface area (Å²) in [4.78, 5) is 26.6. The van der Waals surface area contributed by atoms with Crippen molar-refractivity contribution in [1.82, 2.24) is 9.47 Å². The molecule has 0 saturated carbocycles. The van der Waals surface area contributed by atoms with Crippen molar-refractivity contribution in [2.24, 2.45) is 0 Å². The van der Waals surface area contributed by atoms with E-state index < -0.39 is 0 Å². The molecule has 3 aromatic rings. The molecule has 2 amide bonds. The number of carbonyl (C=O) groups excluding carboxylic acids is 2. The van der Waals surface area contributed by atoms with E-state index in [0.29, 0.717) is 25.1 Å². The van der Waals surface area contributed by atoms with Gasteiger partial charge in [0.05, 0.1) is 18.4 Å². The Balaban J connectivity index is 1.48. The molecule has 0 spiro atoms. The van der Waals surface area contributed by atoms with Crippen LogP contribution in [0.1, 0.15) is 45.9 Å². The summed E-state index contributed by atoms with van der Waals surface area (Å²) < 4.78 is 7.51. The summed E-state index contributed by atoms with van der Waals surface area (Å²) in [6, 6.07) is 13.4. The van der Waals surface area contributed by atoms with Gasteiger partial charge in [0.2, 0.25) is 5.91 Å². The number of hydrogen-bond donors (Lipinski definition) is 1. The number of anilines is 1. The van der Waals surface area contributed by atoms with Crippen LogP contribution in [0.5, 0.6) is 0 Å². The first kappa shape index (κ1) is 19.1. The fourth-order valence-corrected chi connectivity index (χ4v) is 3.87. The number of furan rings is 1. The molecule has 0 atom stereocenters. The molecule has 0 radical (unpaired) electrons. The van der Waals surface area contributed by atoms with Crippen LogP contribution >= 0.6 is 0 Å². The highest BCUT2D eigenvalue weighted by atomic mass is 16.3. The molecule has 1 N–H and O–H groups in total. The van der Waals surface area contributed by atoms with Crippen LogP contribution in [0.3, 0.4) is 0 Å². The molecule has 0 bridgehead atoms. The van der Waals surface area contributed by atoms with Crippen LogP contribution in [0, 0.1) is 13.8 Å². The number of nitrogens with zero attached hydrogens (tertiary/aromatic N) is 2. The lowest BCUT2D eigenvalue weighted by Crippen LogP contribution is -2.23. The summed E-state index contributed by atoms with van der Waals surface area (Å²) in [7, 11) is 0. The van der Waals surface area contributed by atoms with Gasteiger partial charge in [-0.2, -0.15) is 0 Å². The number of aromatic nitrogens is 1. The van der Waals surface area contributed by atoms with Gasteiger partial charge < -0.3 is 19.2 Å². The Morgan fingerprint density at radius 3 is 2.72 bits per heavy atom. The molecule has 0 unspecified atom stereocenters. The number of nitrogens with one attached hydrogen (secondary N) is 1. The molecule has 4 rings (SSSR count). The second kappa shape index (κ2) is 7.99. The first-order valence-corrected chi connectivity index (χ1v) is 9.88. The molecule has 1 saturated heterocycles. The average molecular weight is 391 g/mol. The van der Waals surface area contributed by atoms with E-state index in [-0.39, 0.29) is 11.8 Å². The third kappa shape index (κ3) is 4.11. The summed E-state index contributed by atoms with van der Waals surface area (Å²) in [6.07, 6.45) is 3.20. The molecule has 0 aliphatic carbocycles. The number of benzene rings is 1. The second-order valence-electron chi connectivity index (χ2n) is 7.52. The van der Waals surface area contributed by atoms with Crippen molar-refractivity contribution in [1.29, 1.82) is 0 Å². The van der Waals surface area contributed by atoms with Gasteiger partial charge in [0.25, 0.3) is 5.91 Å². The van der Waals surface area contributed by atoms with E-state index >= 15 is 0 Å². The molecular weight excluding hydrogens is 366 g/mol. The van der Waals surface area contributed by atoms with Crippen molar-refractivity contribution in [3.63, 3.8) is 0 Å². The molecule has 6 nitrogen and oxygen atoms in total. The second-order valence-corrected chi connectivity index (χ2v) is 7.52. The minimum Gasteiger partial charge on any atom is -0.467 e. The van der Waals surface area contributed by atoms with Gasteiger partial charge in [-0.25, -0.2) is 0 Å². The lowest BCUT2D eigenvalue weighted by atomic mass is 10.1. The Bertz CT molecular complexity index is 1030. The van der Waals surface area contributed by atoms with E-state index in [1.165, 1.54) is 0 Å². The molecule has 29 heavy (non-hydrogen) atoms. The van der Waals surface area contributed by atoms with Gasteiger partial charge in [-0.05, 0) is 56.2 Å². The highest BCUT2D eigenvalue weighted by Gasteiger charge is 2.20. The van der Waals surface area contributed by atoms with E-state index in [1.807, 2.05) is 61.2 Å². The van der Waals surface area contributed by atoms with Gasteiger partial charge in [-0.3, -0.25) is 9.59 Å². The van der Waals surface area contributed by atoms with Crippen molar-refractivity contribution in [3.8, 4) is 0 Å². The monoisotopic (exact) mass is 391 g/mol. The molecule has 1 fully saturated rings. The predicted molar refractivity (Wildman–Crippen MR) is 111 cm³/mol. The number of hydrogen-bond acceptors (Lipinski definition) is 3. The smallest absolute Gasteiger partial charge is 0.257 e. The van der Waals surface area contributed by atoms with E-state index in [0.717, 1.165) is 41.4 Å². The zero-order valence-corrected chi connectivity index (χ0v) is 16.8. The molecule has 6 heteroatoms. The van der Waals surface area contributed by atoms with Crippen molar-refractivity contribution >= 4 is 17.5 Å². The Morgan fingerprint density at radius 1 is 1.14 bits per heavy atom. The van der Waals surface area contributed by atoms with Gasteiger partial charge in [-0.15, -0.1) is 0 Å². The van der Waals surface area contributed by atoms with Crippen LogP contribution in [0.2, 0.25) is 0 Å². The number of amides is 2. The Kier molecular flexibility index (Phi) is 5.25. The van der Waals surface area contributed by atoms with Crippen molar-refractivity contribution in [3.05, 3.63) is 77.0 Å². The summed E-state index contributed by atoms with van der Waals surface area (Å²) in [6.45, 7) is 5.91. The molecule has 3 heterocycles. The van der Waals surface area contributed by atoms with Gasteiger partial charge in [0, 0.05) is 36.6 Å².